The Morgan fingerprint density at radius 2 is 2.05 bits per heavy atom. The summed E-state index contributed by atoms with van der Waals surface area (Å²) in [4.78, 5) is 22.9. The molecule has 0 radical (unpaired) electrons. The van der Waals surface area contributed by atoms with Crippen molar-refractivity contribution in [3.8, 4) is 5.75 Å². The molecule has 1 aromatic carbocycles. The molecule has 0 spiro atoms. The number of carboxylic acids is 1. The number of rotatable bonds is 7. The molecule has 2 N–H and O–H groups in total. The first-order chi connectivity index (χ1) is 9.79. The maximum Gasteiger partial charge on any atom is 0.303 e. The summed E-state index contributed by atoms with van der Waals surface area (Å²) >= 11 is 5.99. The Morgan fingerprint density at radius 1 is 1.38 bits per heavy atom. The van der Waals surface area contributed by atoms with Crippen molar-refractivity contribution in [1.82, 2.24) is 0 Å². The Morgan fingerprint density at radius 3 is 2.52 bits per heavy atom. The average Bonchev–Trinajstić information content (AvgIpc) is 2.37. The SMILES string of the molecule is CCC(C)(CC(=O)O)CC(=O)Nc1ccc(OC)c(Cl)c1. The van der Waals surface area contributed by atoms with E-state index in [-0.39, 0.29) is 18.7 Å². The second-order valence-electron chi connectivity index (χ2n) is 5.31. The van der Waals surface area contributed by atoms with E-state index in [1.165, 1.54) is 7.11 Å². The van der Waals surface area contributed by atoms with Crippen molar-refractivity contribution in [3.63, 3.8) is 0 Å². The number of hydrogen-bond donors (Lipinski definition) is 2. The highest BCUT2D eigenvalue weighted by Crippen LogP contribution is 2.31. The van der Waals surface area contributed by atoms with E-state index in [2.05, 4.69) is 5.32 Å². The molecule has 0 aromatic heterocycles. The number of nitrogens with one attached hydrogen (secondary N) is 1. The second kappa shape index (κ2) is 7.31. The maximum atomic E-state index is 12.1. The maximum absolute atomic E-state index is 12.1. The van der Waals surface area contributed by atoms with Gasteiger partial charge >= 0.3 is 5.97 Å². The van der Waals surface area contributed by atoms with Crippen LogP contribution in [0.5, 0.6) is 5.75 Å². The summed E-state index contributed by atoms with van der Waals surface area (Å²) in [5, 5.41) is 12.0. The molecule has 0 heterocycles. The van der Waals surface area contributed by atoms with Crippen LogP contribution >= 0.6 is 11.6 Å². The lowest BCUT2D eigenvalue weighted by atomic mass is 9.80. The van der Waals surface area contributed by atoms with Gasteiger partial charge in [0.15, 0.2) is 0 Å². The van der Waals surface area contributed by atoms with Crippen molar-refractivity contribution in [1.29, 1.82) is 0 Å². The molecule has 1 amide bonds. The number of ether oxygens (including phenoxy) is 1. The zero-order valence-corrected chi connectivity index (χ0v) is 13.2. The number of amides is 1. The van der Waals surface area contributed by atoms with E-state index in [1.807, 2.05) is 6.92 Å². The van der Waals surface area contributed by atoms with E-state index in [1.54, 1.807) is 25.1 Å². The molecule has 1 rings (SSSR count). The minimum absolute atomic E-state index is 0.0414. The van der Waals surface area contributed by atoms with Crippen LogP contribution in [-0.4, -0.2) is 24.1 Å². The summed E-state index contributed by atoms with van der Waals surface area (Å²) in [6.45, 7) is 3.67. The number of methoxy groups -OCH3 is 1. The summed E-state index contributed by atoms with van der Waals surface area (Å²) < 4.78 is 5.04. The van der Waals surface area contributed by atoms with Crippen molar-refractivity contribution in [2.45, 2.75) is 33.1 Å². The fourth-order valence-corrected chi connectivity index (χ4v) is 2.27. The number of aliphatic carboxylic acids is 1. The minimum Gasteiger partial charge on any atom is -0.495 e. The standard InChI is InChI=1S/C15H20ClNO4/c1-4-15(2,9-14(19)20)8-13(18)17-10-5-6-12(21-3)11(16)7-10/h5-7H,4,8-9H2,1-3H3,(H,17,18)(H,19,20). The zero-order valence-electron chi connectivity index (χ0n) is 12.4. The van der Waals surface area contributed by atoms with Gasteiger partial charge in [0.2, 0.25) is 5.91 Å². The molecule has 0 bridgehead atoms. The highest BCUT2D eigenvalue weighted by atomic mass is 35.5. The van der Waals surface area contributed by atoms with Gasteiger partial charge in [-0.2, -0.15) is 0 Å². The third kappa shape index (κ3) is 5.27. The Labute approximate surface area is 129 Å². The number of carbonyl (C=O) groups is 2. The summed E-state index contributed by atoms with van der Waals surface area (Å²) in [6.07, 6.45) is 0.704. The molecule has 1 atom stereocenters. The van der Waals surface area contributed by atoms with Crippen LogP contribution in [-0.2, 0) is 9.59 Å². The normalized spacial score (nSPS) is 13.3. The molecule has 0 aliphatic heterocycles. The molecule has 116 valence electrons. The molecule has 5 nitrogen and oxygen atoms in total. The quantitative estimate of drug-likeness (QED) is 0.807. The zero-order chi connectivity index (χ0) is 16.0. The van der Waals surface area contributed by atoms with Crippen LogP contribution in [0.15, 0.2) is 18.2 Å². The number of carboxylic acid groups (broad SMARTS) is 1. The van der Waals surface area contributed by atoms with Crippen LogP contribution in [0.2, 0.25) is 5.02 Å². The summed E-state index contributed by atoms with van der Waals surface area (Å²) in [6, 6.07) is 4.94. The first-order valence-corrected chi connectivity index (χ1v) is 7.02. The number of halogens is 1. The number of carbonyl (C=O) groups excluding carboxylic acids is 1. The summed E-state index contributed by atoms with van der Waals surface area (Å²) in [5.74, 6) is -0.611. The van der Waals surface area contributed by atoms with E-state index in [0.717, 1.165) is 0 Å². The predicted octanol–water partition coefficient (Wildman–Crippen LogP) is 3.57. The monoisotopic (exact) mass is 313 g/mol. The van der Waals surface area contributed by atoms with E-state index in [4.69, 9.17) is 21.4 Å². The molecule has 0 saturated carbocycles. The molecule has 0 saturated heterocycles. The topological polar surface area (TPSA) is 75.6 Å². The average molecular weight is 314 g/mol. The van der Waals surface area contributed by atoms with Gasteiger partial charge in [-0.05, 0) is 30.0 Å². The van der Waals surface area contributed by atoms with Gasteiger partial charge in [0.05, 0.1) is 18.6 Å². The van der Waals surface area contributed by atoms with Gasteiger partial charge < -0.3 is 15.2 Å². The lowest BCUT2D eigenvalue weighted by Crippen LogP contribution is -2.27. The van der Waals surface area contributed by atoms with Crippen LogP contribution in [0, 0.1) is 5.41 Å². The van der Waals surface area contributed by atoms with E-state index in [9.17, 15) is 9.59 Å². The van der Waals surface area contributed by atoms with E-state index >= 15 is 0 Å². The lowest BCUT2D eigenvalue weighted by molar-refractivity contribution is -0.140. The van der Waals surface area contributed by atoms with Gasteiger partial charge in [-0.3, -0.25) is 9.59 Å². The van der Waals surface area contributed by atoms with Crippen LogP contribution in [0.3, 0.4) is 0 Å². The van der Waals surface area contributed by atoms with Crippen LogP contribution < -0.4 is 10.1 Å². The van der Waals surface area contributed by atoms with E-state index < -0.39 is 11.4 Å². The smallest absolute Gasteiger partial charge is 0.303 e. The molecule has 21 heavy (non-hydrogen) atoms. The Kier molecular flexibility index (Phi) is 6.03. The third-order valence-electron chi connectivity index (χ3n) is 3.45. The molecular formula is C15H20ClNO4. The molecule has 0 fully saturated rings. The van der Waals surface area contributed by atoms with Crippen molar-refractivity contribution < 1.29 is 19.4 Å². The first-order valence-electron chi connectivity index (χ1n) is 6.65. The molecule has 6 heteroatoms. The largest absolute Gasteiger partial charge is 0.495 e. The van der Waals surface area contributed by atoms with Crippen molar-refractivity contribution >= 4 is 29.2 Å². The minimum atomic E-state index is -0.903. The van der Waals surface area contributed by atoms with Gasteiger partial charge in [0.25, 0.3) is 0 Å². The van der Waals surface area contributed by atoms with Gasteiger partial charge in [-0.25, -0.2) is 0 Å². The molecule has 1 aromatic rings. The fourth-order valence-electron chi connectivity index (χ4n) is 2.01. The predicted molar refractivity (Wildman–Crippen MR) is 81.9 cm³/mol. The Hall–Kier alpha value is -1.75. The van der Waals surface area contributed by atoms with Gasteiger partial charge in [0, 0.05) is 12.1 Å². The molecule has 0 aliphatic carbocycles. The van der Waals surface area contributed by atoms with Crippen LogP contribution in [0.25, 0.3) is 0 Å². The van der Waals surface area contributed by atoms with Crippen molar-refractivity contribution in [2.24, 2.45) is 5.41 Å². The van der Waals surface area contributed by atoms with Crippen LogP contribution in [0.4, 0.5) is 5.69 Å². The lowest BCUT2D eigenvalue weighted by Gasteiger charge is -2.25. The first kappa shape index (κ1) is 17.3. The number of benzene rings is 1. The van der Waals surface area contributed by atoms with Gasteiger partial charge in [-0.15, -0.1) is 0 Å². The van der Waals surface area contributed by atoms with Gasteiger partial charge in [-0.1, -0.05) is 25.4 Å². The summed E-state index contributed by atoms with van der Waals surface area (Å²) in [7, 11) is 1.51. The number of hydrogen-bond acceptors (Lipinski definition) is 3. The number of anilines is 1. The van der Waals surface area contributed by atoms with Crippen molar-refractivity contribution in [2.75, 3.05) is 12.4 Å². The summed E-state index contributed by atoms with van der Waals surface area (Å²) in [5.41, 5.74) is -0.00815. The molecule has 0 aliphatic rings. The molecule has 1 unspecified atom stereocenters. The Bertz CT molecular complexity index is 532. The molecular weight excluding hydrogens is 294 g/mol. The van der Waals surface area contributed by atoms with Crippen LogP contribution in [0.1, 0.15) is 33.1 Å². The van der Waals surface area contributed by atoms with Crippen molar-refractivity contribution in [3.05, 3.63) is 23.2 Å². The van der Waals surface area contributed by atoms with E-state index in [0.29, 0.717) is 22.9 Å². The Balaban J connectivity index is 2.72. The highest BCUT2D eigenvalue weighted by molar-refractivity contribution is 6.32. The fraction of sp³-hybridized carbons (Fsp3) is 0.467. The van der Waals surface area contributed by atoms with Gasteiger partial charge in [0.1, 0.15) is 5.75 Å². The third-order valence-corrected chi connectivity index (χ3v) is 3.75. The highest BCUT2D eigenvalue weighted by Gasteiger charge is 2.28. The second-order valence-corrected chi connectivity index (χ2v) is 5.72.